The van der Waals surface area contributed by atoms with E-state index in [4.69, 9.17) is 0 Å². The maximum absolute atomic E-state index is 4.49. The number of benzene rings is 1. The standard InChI is InChI=1S/C13H15Br2N3/c1-3-16-13(12-4-5-18(2)17-12)9-6-10(14)8-11(15)7-9/h4-8,13,16H,3H2,1-2H3. The number of hydrogen-bond acceptors (Lipinski definition) is 2. The van der Waals surface area contributed by atoms with Gasteiger partial charge >= 0.3 is 0 Å². The van der Waals surface area contributed by atoms with Crippen LogP contribution in [0.5, 0.6) is 0 Å². The van der Waals surface area contributed by atoms with Crippen LogP contribution in [0.4, 0.5) is 0 Å². The predicted octanol–water partition coefficient (Wildman–Crippen LogP) is 3.64. The van der Waals surface area contributed by atoms with Crippen molar-refractivity contribution in [2.45, 2.75) is 13.0 Å². The van der Waals surface area contributed by atoms with Crippen molar-refractivity contribution in [1.82, 2.24) is 15.1 Å². The van der Waals surface area contributed by atoms with E-state index in [-0.39, 0.29) is 6.04 Å². The molecule has 1 heterocycles. The molecule has 1 N–H and O–H groups in total. The summed E-state index contributed by atoms with van der Waals surface area (Å²) >= 11 is 7.05. The second-order valence-electron chi connectivity index (χ2n) is 4.11. The number of rotatable bonds is 4. The molecule has 0 aliphatic rings. The fourth-order valence-electron chi connectivity index (χ4n) is 1.93. The third-order valence-corrected chi connectivity index (χ3v) is 3.57. The van der Waals surface area contributed by atoms with Crippen molar-refractivity contribution >= 4 is 31.9 Å². The van der Waals surface area contributed by atoms with Crippen molar-refractivity contribution in [2.24, 2.45) is 7.05 Å². The monoisotopic (exact) mass is 371 g/mol. The lowest BCUT2D eigenvalue weighted by Gasteiger charge is -2.17. The summed E-state index contributed by atoms with van der Waals surface area (Å²) in [5.41, 5.74) is 2.22. The highest BCUT2D eigenvalue weighted by molar-refractivity contribution is 9.11. The van der Waals surface area contributed by atoms with Gasteiger partial charge in [-0.05, 0) is 36.4 Å². The number of aryl methyl sites for hydroxylation is 1. The summed E-state index contributed by atoms with van der Waals surface area (Å²) in [5, 5.41) is 7.95. The normalized spacial score (nSPS) is 12.7. The minimum atomic E-state index is 0.116. The molecule has 1 unspecified atom stereocenters. The van der Waals surface area contributed by atoms with E-state index in [1.807, 2.05) is 30.1 Å². The first-order chi connectivity index (χ1) is 8.60. The van der Waals surface area contributed by atoms with Gasteiger partial charge in [0.1, 0.15) is 0 Å². The smallest absolute Gasteiger partial charge is 0.0839 e. The average Bonchev–Trinajstić information content (AvgIpc) is 2.71. The van der Waals surface area contributed by atoms with Crippen LogP contribution < -0.4 is 5.32 Å². The molecular weight excluding hydrogens is 358 g/mol. The van der Waals surface area contributed by atoms with E-state index in [1.54, 1.807) is 0 Å². The minimum absolute atomic E-state index is 0.116. The Morgan fingerprint density at radius 2 is 1.94 bits per heavy atom. The van der Waals surface area contributed by atoms with Crippen LogP contribution in [0.1, 0.15) is 24.2 Å². The van der Waals surface area contributed by atoms with E-state index in [9.17, 15) is 0 Å². The fraction of sp³-hybridized carbons (Fsp3) is 0.308. The van der Waals surface area contributed by atoms with Gasteiger partial charge in [-0.25, -0.2) is 0 Å². The molecule has 0 aliphatic heterocycles. The van der Waals surface area contributed by atoms with Crippen LogP contribution in [0.15, 0.2) is 39.4 Å². The number of hydrogen-bond donors (Lipinski definition) is 1. The highest BCUT2D eigenvalue weighted by atomic mass is 79.9. The molecule has 1 atom stereocenters. The molecule has 5 heteroatoms. The number of nitrogens with zero attached hydrogens (tertiary/aromatic N) is 2. The van der Waals surface area contributed by atoms with Gasteiger partial charge in [0, 0.05) is 22.2 Å². The van der Waals surface area contributed by atoms with Crippen LogP contribution in [0.3, 0.4) is 0 Å². The highest BCUT2D eigenvalue weighted by Crippen LogP contribution is 2.27. The van der Waals surface area contributed by atoms with Gasteiger partial charge < -0.3 is 5.32 Å². The van der Waals surface area contributed by atoms with Gasteiger partial charge in [0.2, 0.25) is 0 Å². The first-order valence-electron chi connectivity index (χ1n) is 5.79. The molecule has 0 saturated heterocycles. The van der Waals surface area contributed by atoms with E-state index >= 15 is 0 Å². The van der Waals surface area contributed by atoms with E-state index < -0.39 is 0 Å². The lowest BCUT2D eigenvalue weighted by molar-refractivity contribution is 0.599. The Hall–Kier alpha value is -0.650. The van der Waals surface area contributed by atoms with Crippen LogP contribution in [0.2, 0.25) is 0 Å². The summed E-state index contributed by atoms with van der Waals surface area (Å²) in [6.07, 6.45) is 1.96. The predicted molar refractivity (Wildman–Crippen MR) is 80.6 cm³/mol. The minimum Gasteiger partial charge on any atom is -0.305 e. The summed E-state index contributed by atoms with van der Waals surface area (Å²) in [7, 11) is 1.93. The van der Waals surface area contributed by atoms with Gasteiger partial charge in [0.15, 0.2) is 0 Å². The first kappa shape index (κ1) is 13.8. The first-order valence-corrected chi connectivity index (χ1v) is 7.37. The van der Waals surface area contributed by atoms with Crippen molar-refractivity contribution in [3.8, 4) is 0 Å². The second-order valence-corrected chi connectivity index (χ2v) is 5.94. The highest BCUT2D eigenvalue weighted by Gasteiger charge is 2.16. The van der Waals surface area contributed by atoms with E-state index in [0.717, 1.165) is 21.2 Å². The molecule has 96 valence electrons. The van der Waals surface area contributed by atoms with Gasteiger partial charge in [-0.15, -0.1) is 0 Å². The van der Waals surface area contributed by atoms with Crippen LogP contribution >= 0.6 is 31.9 Å². The second kappa shape index (κ2) is 5.99. The number of nitrogens with one attached hydrogen (secondary N) is 1. The molecule has 2 rings (SSSR count). The Morgan fingerprint density at radius 1 is 1.28 bits per heavy atom. The van der Waals surface area contributed by atoms with Gasteiger partial charge in [-0.3, -0.25) is 4.68 Å². The van der Waals surface area contributed by atoms with Crippen molar-refractivity contribution in [1.29, 1.82) is 0 Å². The summed E-state index contributed by atoms with van der Waals surface area (Å²) < 4.78 is 3.95. The molecule has 3 nitrogen and oxygen atoms in total. The van der Waals surface area contributed by atoms with E-state index in [1.165, 1.54) is 5.56 Å². The molecule has 1 aromatic heterocycles. The van der Waals surface area contributed by atoms with Gasteiger partial charge in [0.05, 0.1) is 11.7 Å². The summed E-state index contributed by atoms with van der Waals surface area (Å²) in [6, 6.07) is 8.43. The Bertz CT molecular complexity index is 517. The van der Waals surface area contributed by atoms with Crippen molar-refractivity contribution in [3.05, 3.63) is 50.7 Å². The number of aromatic nitrogens is 2. The van der Waals surface area contributed by atoms with Gasteiger partial charge in [-0.1, -0.05) is 38.8 Å². The molecule has 0 spiro atoms. The van der Waals surface area contributed by atoms with Crippen LogP contribution in [0.25, 0.3) is 0 Å². The zero-order valence-electron chi connectivity index (χ0n) is 10.3. The van der Waals surface area contributed by atoms with E-state index in [0.29, 0.717) is 0 Å². The topological polar surface area (TPSA) is 29.9 Å². The summed E-state index contributed by atoms with van der Waals surface area (Å²) in [5.74, 6) is 0. The lowest BCUT2D eigenvalue weighted by Crippen LogP contribution is -2.22. The molecule has 0 fully saturated rings. The Balaban J connectivity index is 2.40. The maximum Gasteiger partial charge on any atom is 0.0839 e. The third kappa shape index (κ3) is 3.22. The largest absolute Gasteiger partial charge is 0.305 e. The Labute approximate surface area is 124 Å². The molecule has 2 aromatic rings. The van der Waals surface area contributed by atoms with Crippen LogP contribution in [0, 0.1) is 0 Å². The molecule has 0 amide bonds. The van der Waals surface area contributed by atoms with Crippen molar-refractivity contribution < 1.29 is 0 Å². The molecular formula is C13H15Br2N3. The Kier molecular flexibility index (Phi) is 4.59. The van der Waals surface area contributed by atoms with Gasteiger partial charge in [0.25, 0.3) is 0 Å². The SMILES string of the molecule is CCNC(c1cc(Br)cc(Br)c1)c1ccn(C)n1. The van der Waals surface area contributed by atoms with Crippen LogP contribution in [-0.4, -0.2) is 16.3 Å². The average molecular weight is 373 g/mol. The zero-order chi connectivity index (χ0) is 13.1. The quantitative estimate of drug-likeness (QED) is 0.887. The molecule has 0 aliphatic carbocycles. The van der Waals surface area contributed by atoms with Crippen LogP contribution in [-0.2, 0) is 7.05 Å². The summed E-state index contributed by atoms with van der Waals surface area (Å²) in [6.45, 7) is 2.99. The molecule has 0 saturated carbocycles. The van der Waals surface area contributed by atoms with E-state index in [2.05, 4.69) is 61.3 Å². The van der Waals surface area contributed by atoms with Crippen molar-refractivity contribution in [2.75, 3.05) is 6.54 Å². The lowest BCUT2D eigenvalue weighted by atomic mass is 10.0. The van der Waals surface area contributed by atoms with Gasteiger partial charge in [-0.2, -0.15) is 5.10 Å². The maximum atomic E-state index is 4.49. The molecule has 0 bridgehead atoms. The molecule has 0 radical (unpaired) electrons. The summed E-state index contributed by atoms with van der Waals surface area (Å²) in [4.78, 5) is 0. The zero-order valence-corrected chi connectivity index (χ0v) is 13.5. The third-order valence-electron chi connectivity index (χ3n) is 2.66. The fourth-order valence-corrected chi connectivity index (χ4v) is 3.26. The Morgan fingerprint density at radius 3 is 2.44 bits per heavy atom. The number of halogens is 2. The van der Waals surface area contributed by atoms with Crippen molar-refractivity contribution in [3.63, 3.8) is 0 Å². The molecule has 18 heavy (non-hydrogen) atoms. The molecule has 1 aromatic carbocycles.